The van der Waals surface area contributed by atoms with Gasteiger partial charge in [0.1, 0.15) is 5.75 Å². The largest absolute Gasteiger partial charge is 0.491 e. The number of aliphatic hydroxyl groups excluding tert-OH is 1. The smallest absolute Gasteiger partial charge is 0.120 e. The van der Waals surface area contributed by atoms with Crippen LogP contribution in [0.5, 0.6) is 5.75 Å². The molecule has 0 spiro atoms. The van der Waals surface area contributed by atoms with Crippen LogP contribution < -0.4 is 4.74 Å². The van der Waals surface area contributed by atoms with Crippen molar-refractivity contribution in [1.82, 2.24) is 0 Å². The molecule has 0 aromatic heterocycles. The molecule has 4 atom stereocenters. The lowest BCUT2D eigenvalue weighted by Gasteiger charge is -2.34. The van der Waals surface area contributed by atoms with Crippen LogP contribution in [-0.2, 0) is 0 Å². The molecule has 1 aromatic carbocycles. The van der Waals surface area contributed by atoms with Gasteiger partial charge in [-0.25, -0.2) is 0 Å². The maximum Gasteiger partial charge on any atom is 0.120 e. The van der Waals surface area contributed by atoms with Gasteiger partial charge in [-0.3, -0.25) is 0 Å². The third kappa shape index (κ3) is 3.76. The summed E-state index contributed by atoms with van der Waals surface area (Å²) in [5, 5.41) is 10.7. The summed E-state index contributed by atoms with van der Waals surface area (Å²) in [5.74, 6) is 2.73. The summed E-state index contributed by atoms with van der Waals surface area (Å²) < 4.78 is 5.72. The zero-order valence-corrected chi connectivity index (χ0v) is 13.2. The molecular weight excluding hydrogens is 248 g/mol. The van der Waals surface area contributed by atoms with E-state index in [9.17, 15) is 5.11 Å². The molecule has 0 aliphatic heterocycles. The van der Waals surface area contributed by atoms with E-state index in [1.54, 1.807) is 0 Å². The summed E-state index contributed by atoms with van der Waals surface area (Å²) in [4.78, 5) is 0. The molecule has 1 aromatic rings. The first kappa shape index (κ1) is 15.4. The van der Waals surface area contributed by atoms with Crippen molar-refractivity contribution in [3.63, 3.8) is 0 Å². The van der Waals surface area contributed by atoms with Crippen LogP contribution in [0, 0.1) is 17.8 Å². The van der Waals surface area contributed by atoms with Gasteiger partial charge in [0, 0.05) is 0 Å². The predicted octanol–water partition coefficient (Wildman–Crippen LogP) is 4.58. The quantitative estimate of drug-likeness (QED) is 0.872. The summed E-state index contributed by atoms with van der Waals surface area (Å²) in [5.41, 5.74) is 0.995. The molecule has 1 saturated carbocycles. The Morgan fingerprint density at radius 2 is 1.90 bits per heavy atom. The lowest BCUT2D eigenvalue weighted by molar-refractivity contribution is 0.0558. The van der Waals surface area contributed by atoms with Crippen molar-refractivity contribution < 1.29 is 9.84 Å². The van der Waals surface area contributed by atoms with Crippen molar-refractivity contribution in [2.45, 2.75) is 59.2 Å². The first-order valence-electron chi connectivity index (χ1n) is 7.92. The normalized spacial score (nSPS) is 28.4. The Morgan fingerprint density at radius 3 is 2.55 bits per heavy atom. The number of rotatable bonds is 4. The van der Waals surface area contributed by atoms with Crippen molar-refractivity contribution in [2.24, 2.45) is 17.8 Å². The molecule has 1 aliphatic carbocycles. The Labute approximate surface area is 123 Å². The molecule has 2 heteroatoms. The number of ether oxygens (including phenoxy) is 1. The maximum atomic E-state index is 10.7. The molecule has 20 heavy (non-hydrogen) atoms. The number of aliphatic hydroxyl groups is 1. The lowest BCUT2D eigenvalue weighted by Crippen LogP contribution is -2.25. The average Bonchev–Trinajstić information content (AvgIpc) is 2.40. The SMILES string of the molecule is CC(C)Oc1cccc(C(O)C2CCC(C)C(C)C2)c1. The van der Waals surface area contributed by atoms with Gasteiger partial charge < -0.3 is 9.84 Å². The third-order valence-corrected chi connectivity index (χ3v) is 4.66. The zero-order valence-electron chi connectivity index (χ0n) is 13.2. The van der Waals surface area contributed by atoms with Crippen LogP contribution in [0.2, 0.25) is 0 Å². The average molecular weight is 276 g/mol. The molecule has 1 aliphatic rings. The Balaban J connectivity index is 2.07. The highest BCUT2D eigenvalue weighted by atomic mass is 16.5. The van der Waals surface area contributed by atoms with E-state index in [2.05, 4.69) is 13.8 Å². The Kier molecular flexibility index (Phi) is 5.09. The fourth-order valence-electron chi connectivity index (χ4n) is 3.19. The van der Waals surface area contributed by atoms with Gasteiger partial charge in [0.05, 0.1) is 12.2 Å². The fraction of sp³-hybridized carbons (Fsp3) is 0.667. The summed E-state index contributed by atoms with van der Waals surface area (Å²) >= 11 is 0. The first-order valence-corrected chi connectivity index (χ1v) is 7.92. The Bertz CT molecular complexity index is 427. The van der Waals surface area contributed by atoms with Crippen LogP contribution in [0.15, 0.2) is 24.3 Å². The van der Waals surface area contributed by atoms with Gasteiger partial charge in [-0.1, -0.05) is 32.4 Å². The zero-order chi connectivity index (χ0) is 14.7. The van der Waals surface area contributed by atoms with E-state index >= 15 is 0 Å². The number of hydrogen-bond donors (Lipinski definition) is 1. The molecular formula is C18H28O2. The number of benzene rings is 1. The third-order valence-electron chi connectivity index (χ3n) is 4.66. The van der Waals surface area contributed by atoms with E-state index in [0.29, 0.717) is 11.8 Å². The molecule has 0 radical (unpaired) electrons. The van der Waals surface area contributed by atoms with E-state index in [-0.39, 0.29) is 12.2 Å². The van der Waals surface area contributed by atoms with Gasteiger partial charge >= 0.3 is 0 Å². The molecule has 2 nitrogen and oxygen atoms in total. The fourth-order valence-corrected chi connectivity index (χ4v) is 3.19. The van der Waals surface area contributed by atoms with Crippen molar-refractivity contribution in [3.05, 3.63) is 29.8 Å². The van der Waals surface area contributed by atoms with Crippen LogP contribution in [-0.4, -0.2) is 11.2 Å². The minimum Gasteiger partial charge on any atom is -0.491 e. The van der Waals surface area contributed by atoms with Crippen molar-refractivity contribution in [1.29, 1.82) is 0 Å². The first-order chi connectivity index (χ1) is 9.47. The highest BCUT2D eigenvalue weighted by Gasteiger charge is 2.30. The van der Waals surface area contributed by atoms with E-state index in [1.165, 1.54) is 6.42 Å². The molecule has 0 amide bonds. The molecule has 1 N–H and O–H groups in total. The molecule has 0 heterocycles. The summed E-state index contributed by atoms with van der Waals surface area (Å²) in [7, 11) is 0. The van der Waals surface area contributed by atoms with Gasteiger partial charge in [-0.2, -0.15) is 0 Å². The van der Waals surface area contributed by atoms with Gasteiger partial charge in [0.15, 0.2) is 0 Å². The minimum atomic E-state index is -0.360. The van der Waals surface area contributed by atoms with Gasteiger partial charge in [0.2, 0.25) is 0 Å². The van der Waals surface area contributed by atoms with Crippen LogP contribution >= 0.6 is 0 Å². The Morgan fingerprint density at radius 1 is 1.15 bits per heavy atom. The molecule has 0 bridgehead atoms. The van der Waals surface area contributed by atoms with Crippen LogP contribution in [0.25, 0.3) is 0 Å². The maximum absolute atomic E-state index is 10.7. The molecule has 4 unspecified atom stereocenters. The van der Waals surface area contributed by atoms with E-state index in [0.717, 1.165) is 30.1 Å². The van der Waals surface area contributed by atoms with E-state index in [4.69, 9.17) is 4.74 Å². The standard InChI is InChI=1S/C18H28O2/c1-12(2)20-17-7-5-6-15(11-17)18(19)16-9-8-13(3)14(4)10-16/h5-7,11-14,16,18-19H,8-10H2,1-4H3. The second-order valence-electron chi connectivity index (χ2n) is 6.71. The van der Waals surface area contributed by atoms with E-state index in [1.807, 2.05) is 38.1 Å². The Hall–Kier alpha value is -1.02. The summed E-state index contributed by atoms with van der Waals surface area (Å²) in [6.45, 7) is 8.67. The topological polar surface area (TPSA) is 29.5 Å². The molecule has 1 fully saturated rings. The van der Waals surface area contributed by atoms with Crippen molar-refractivity contribution >= 4 is 0 Å². The van der Waals surface area contributed by atoms with Gasteiger partial charge in [-0.15, -0.1) is 0 Å². The molecule has 2 rings (SSSR count). The second-order valence-corrected chi connectivity index (χ2v) is 6.71. The highest BCUT2D eigenvalue weighted by Crippen LogP contribution is 2.40. The van der Waals surface area contributed by atoms with Gasteiger partial charge in [0.25, 0.3) is 0 Å². The summed E-state index contributed by atoms with van der Waals surface area (Å²) in [6, 6.07) is 7.95. The van der Waals surface area contributed by atoms with Crippen LogP contribution in [0.3, 0.4) is 0 Å². The van der Waals surface area contributed by atoms with Crippen molar-refractivity contribution in [2.75, 3.05) is 0 Å². The van der Waals surface area contributed by atoms with Crippen LogP contribution in [0.4, 0.5) is 0 Å². The molecule has 112 valence electrons. The second kappa shape index (κ2) is 6.62. The number of hydrogen-bond acceptors (Lipinski definition) is 2. The summed E-state index contributed by atoms with van der Waals surface area (Å²) in [6.07, 6.45) is 3.28. The van der Waals surface area contributed by atoms with Crippen LogP contribution in [0.1, 0.15) is 58.6 Å². The minimum absolute atomic E-state index is 0.165. The lowest BCUT2D eigenvalue weighted by atomic mass is 9.73. The van der Waals surface area contributed by atoms with E-state index < -0.39 is 0 Å². The predicted molar refractivity (Wildman–Crippen MR) is 82.8 cm³/mol. The monoisotopic (exact) mass is 276 g/mol. The van der Waals surface area contributed by atoms with Crippen molar-refractivity contribution in [3.8, 4) is 5.75 Å². The highest BCUT2D eigenvalue weighted by molar-refractivity contribution is 5.30. The van der Waals surface area contributed by atoms with Gasteiger partial charge in [-0.05, 0) is 62.1 Å². The molecule has 0 saturated heterocycles.